The van der Waals surface area contributed by atoms with Crippen molar-refractivity contribution in [3.05, 3.63) is 59.2 Å². The summed E-state index contributed by atoms with van der Waals surface area (Å²) in [7, 11) is 0. The summed E-state index contributed by atoms with van der Waals surface area (Å²) in [5.41, 5.74) is 9.97. The highest BCUT2D eigenvalue weighted by Crippen LogP contribution is 2.57. The van der Waals surface area contributed by atoms with E-state index in [9.17, 15) is 9.18 Å². The third-order valence-corrected chi connectivity index (χ3v) is 6.53. The summed E-state index contributed by atoms with van der Waals surface area (Å²) in [6, 6.07) is 10.9. The van der Waals surface area contributed by atoms with Gasteiger partial charge < -0.3 is 15.2 Å². The van der Waals surface area contributed by atoms with Gasteiger partial charge >= 0.3 is 0 Å². The molecule has 6 heteroatoms. The predicted molar refractivity (Wildman–Crippen MR) is 116 cm³/mol. The highest BCUT2D eigenvalue weighted by atomic mass is 19.1. The molecule has 1 spiro atoms. The molecule has 0 radical (unpaired) electrons. The molecular formula is C24H27FN4O. The van der Waals surface area contributed by atoms with Gasteiger partial charge in [-0.25, -0.2) is 9.37 Å². The summed E-state index contributed by atoms with van der Waals surface area (Å²) >= 11 is 0. The van der Waals surface area contributed by atoms with Crippen molar-refractivity contribution in [2.75, 3.05) is 4.90 Å². The van der Waals surface area contributed by atoms with E-state index in [4.69, 9.17) is 10.7 Å². The molecule has 30 heavy (non-hydrogen) atoms. The molecule has 1 saturated carbocycles. The van der Waals surface area contributed by atoms with E-state index in [1.54, 1.807) is 11.0 Å². The van der Waals surface area contributed by atoms with Gasteiger partial charge in [-0.3, -0.25) is 4.79 Å². The maximum atomic E-state index is 13.9. The van der Waals surface area contributed by atoms with Gasteiger partial charge in [-0.2, -0.15) is 0 Å². The summed E-state index contributed by atoms with van der Waals surface area (Å²) in [5.74, 6) is 1.22. The lowest BCUT2D eigenvalue weighted by Crippen LogP contribution is -2.32. The Balaban J connectivity index is 1.56. The van der Waals surface area contributed by atoms with Crippen molar-refractivity contribution in [3.8, 4) is 0 Å². The number of aromatic nitrogens is 2. The SMILES string of the molecule is CC(C)CCn1c(CN2C(=O)C3(CC3)c3cc(F)ccc32)nc2cc(CN)ccc21. The van der Waals surface area contributed by atoms with Crippen molar-refractivity contribution in [1.82, 2.24) is 9.55 Å². The molecule has 2 heterocycles. The Morgan fingerprint density at radius 2 is 2.00 bits per heavy atom. The number of amides is 1. The van der Waals surface area contributed by atoms with Gasteiger partial charge in [-0.1, -0.05) is 19.9 Å². The first-order valence-electron chi connectivity index (χ1n) is 10.7. The Morgan fingerprint density at radius 1 is 1.20 bits per heavy atom. The van der Waals surface area contributed by atoms with Crippen LogP contribution >= 0.6 is 0 Å². The smallest absolute Gasteiger partial charge is 0.238 e. The van der Waals surface area contributed by atoms with Crippen molar-refractivity contribution in [2.45, 2.75) is 58.2 Å². The van der Waals surface area contributed by atoms with Crippen molar-refractivity contribution in [2.24, 2.45) is 11.7 Å². The molecule has 1 aromatic heterocycles. The Kier molecular flexibility index (Phi) is 4.43. The molecule has 2 N–H and O–H groups in total. The quantitative estimate of drug-likeness (QED) is 0.665. The molecule has 2 aliphatic rings. The lowest BCUT2D eigenvalue weighted by molar-refractivity contribution is -0.120. The molecule has 2 aromatic carbocycles. The predicted octanol–water partition coefficient (Wildman–Crippen LogP) is 4.26. The van der Waals surface area contributed by atoms with Crippen LogP contribution < -0.4 is 10.6 Å². The van der Waals surface area contributed by atoms with E-state index in [1.165, 1.54) is 12.1 Å². The normalized spacial score (nSPS) is 16.8. The molecule has 0 atom stereocenters. The Morgan fingerprint density at radius 3 is 2.70 bits per heavy atom. The minimum absolute atomic E-state index is 0.0770. The monoisotopic (exact) mass is 406 g/mol. The largest absolute Gasteiger partial charge is 0.326 e. The summed E-state index contributed by atoms with van der Waals surface area (Å²) in [6.07, 6.45) is 2.61. The number of anilines is 1. The number of rotatable bonds is 6. The second kappa shape index (κ2) is 6.91. The van der Waals surface area contributed by atoms with Crippen LogP contribution in [-0.2, 0) is 29.8 Å². The number of nitrogens with two attached hydrogens (primary N) is 1. The Labute approximate surface area is 175 Å². The molecule has 1 aliphatic heterocycles. The fourth-order valence-electron chi connectivity index (χ4n) is 4.63. The van der Waals surface area contributed by atoms with Crippen molar-refractivity contribution < 1.29 is 9.18 Å². The van der Waals surface area contributed by atoms with Gasteiger partial charge in [0.2, 0.25) is 5.91 Å². The molecule has 0 saturated heterocycles. The number of carbonyl (C=O) groups is 1. The van der Waals surface area contributed by atoms with E-state index < -0.39 is 5.41 Å². The second-order valence-electron chi connectivity index (χ2n) is 9.02. The number of carbonyl (C=O) groups excluding carboxylic acids is 1. The maximum absolute atomic E-state index is 13.9. The van der Waals surface area contributed by atoms with Crippen LogP contribution in [0.15, 0.2) is 36.4 Å². The van der Waals surface area contributed by atoms with Crippen LogP contribution in [0.3, 0.4) is 0 Å². The third-order valence-electron chi connectivity index (χ3n) is 6.53. The first-order valence-corrected chi connectivity index (χ1v) is 10.7. The van der Waals surface area contributed by atoms with Gasteiger partial charge in [0.1, 0.15) is 11.6 Å². The van der Waals surface area contributed by atoms with E-state index >= 15 is 0 Å². The first kappa shape index (κ1) is 19.2. The zero-order valence-corrected chi connectivity index (χ0v) is 17.5. The summed E-state index contributed by atoms with van der Waals surface area (Å²) in [5, 5.41) is 0. The number of hydrogen-bond donors (Lipinski definition) is 1. The molecule has 5 rings (SSSR count). The first-order chi connectivity index (χ1) is 14.4. The Hall–Kier alpha value is -2.73. The maximum Gasteiger partial charge on any atom is 0.238 e. The van der Waals surface area contributed by atoms with Crippen LogP contribution in [0.4, 0.5) is 10.1 Å². The van der Waals surface area contributed by atoms with Crippen LogP contribution in [0.5, 0.6) is 0 Å². The van der Waals surface area contributed by atoms with Crippen LogP contribution in [0.1, 0.15) is 50.1 Å². The topological polar surface area (TPSA) is 64.2 Å². The number of fused-ring (bicyclic) bond motifs is 3. The van der Waals surface area contributed by atoms with Crippen LogP contribution in [0.2, 0.25) is 0 Å². The number of aryl methyl sites for hydroxylation is 1. The van der Waals surface area contributed by atoms with E-state index in [-0.39, 0.29) is 11.7 Å². The fraction of sp³-hybridized carbons (Fsp3) is 0.417. The van der Waals surface area contributed by atoms with Crippen molar-refractivity contribution in [1.29, 1.82) is 0 Å². The molecule has 0 bridgehead atoms. The van der Waals surface area contributed by atoms with Crippen LogP contribution in [-0.4, -0.2) is 15.5 Å². The molecule has 5 nitrogen and oxygen atoms in total. The third kappa shape index (κ3) is 2.93. The summed E-state index contributed by atoms with van der Waals surface area (Å²) in [4.78, 5) is 20.0. The molecule has 1 fully saturated rings. The highest BCUT2D eigenvalue weighted by molar-refractivity contribution is 6.10. The van der Waals surface area contributed by atoms with E-state index in [1.807, 2.05) is 12.1 Å². The Bertz CT molecular complexity index is 1150. The number of imidazole rings is 1. The standard InChI is InChI=1S/C24H27FN4O/c1-15(2)7-10-28-21-5-3-16(13-26)11-19(21)27-22(28)14-29-20-6-4-17(25)12-18(20)24(8-9-24)23(29)30/h3-6,11-12,15H,7-10,13-14,26H2,1-2H3. The summed E-state index contributed by atoms with van der Waals surface area (Å²) < 4.78 is 16.1. The van der Waals surface area contributed by atoms with E-state index in [0.29, 0.717) is 19.0 Å². The van der Waals surface area contributed by atoms with Crippen molar-refractivity contribution in [3.63, 3.8) is 0 Å². The number of halogens is 1. The van der Waals surface area contributed by atoms with Gasteiger partial charge in [0.15, 0.2) is 0 Å². The molecule has 0 unspecified atom stereocenters. The van der Waals surface area contributed by atoms with E-state index in [0.717, 1.165) is 59.5 Å². The van der Waals surface area contributed by atoms with Gasteiger partial charge in [0.05, 0.1) is 23.0 Å². The summed E-state index contributed by atoms with van der Waals surface area (Å²) in [6.45, 7) is 6.11. The van der Waals surface area contributed by atoms with Gasteiger partial charge in [0.25, 0.3) is 0 Å². The van der Waals surface area contributed by atoms with Gasteiger partial charge in [-0.05, 0) is 66.6 Å². The minimum Gasteiger partial charge on any atom is -0.326 e. The van der Waals surface area contributed by atoms with Crippen molar-refractivity contribution >= 4 is 22.6 Å². The zero-order chi connectivity index (χ0) is 21.0. The molecule has 3 aromatic rings. The number of benzene rings is 2. The number of nitrogens with zero attached hydrogens (tertiary/aromatic N) is 3. The lowest BCUT2D eigenvalue weighted by Gasteiger charge is -2.19. The van der Waals surface area contributed by atoms with Crippen LogP contribution in [0, 0.1) is 11.7 Å². The highest BCUT2D eigenvalue weighted by Gasteiger charge is 2.59. The minimum atomic E-state index is -0.515. The fourth-order valence-corrected chi connectivity index (χ4v) is 4.63. The molecule has 156 valence electrons. The average Bonchev–Trinajstić information content (AvgIpc) is 3.42. The molecule has 1 aliphatic carbocycles. The average molecular weight is 407 g/mol. The van der Waals surface area contributed by atoms with E-state index in [2.05, 4.69) is 24.5 Å². The molecule has 1 amide bonds. The number of hydrogen-bond acceptors (Lipinski definition) is 3. The van der Waals surface area contributed by atoms with Gasteiger partial charge in [0, 0.05) is 18.8 Å². The second-order valence-corrected chi connectivity index (χ2v) is 9.02. The molecular weight excluding hydrogens is 379 g/mol. The zero-order valence-electron chi connectivity index (χ0n) is 17.5. The van der Waals surface area contributed by atoms with Crippen LogP contribution in [0.25, 0.3) is 11.0 Å². The lowest BCUT2D eigenvalue weighted by atomic mass is 9.98. The van der Waals surface area contributed by atoms with Gasteiger partial charge in [-0.15, -0.1) is 0 Å².